The third-order valence-electron chi connectivity index (χ3n) is 17.4. The summed E-state index contributed by atoms with van der Waals surface area (Å²) in [5, 5.41) is 10.2. The van der Waals surface area contributed by atoms with Gasteiger partial charge in [0.25, 0.3) is 0 Å². The van der Waals surface area contributed by atoms with Crippen molar-refractivity contribution in [2.24, 2.45) is 0 Å². The first-order chi connectivity index (χ1) is 37.3. The monoisotopic (exact) mass is 1020 g/mol. The Morgan fingerprint density at radius 2 is 0.590 bits per heavy atom. The minimum Gasteiger partial charge on any atom is -0.310 e. The molecule has 4 heterocycles. The SMILES string of the molecule is CC(C)c1ccc(N(c2ccc(C(C)C)cc2)c2ccc3c4cc5c(cc4n4c6ccc(C(C)(C)C)cc6c2c34)c2ccc(N(c3ccc(C(C)C)cc3)c3ccc(C(C)C)cc3)c3c4cc(C(C)(C)C)ccc4n5c23)cc1. The average molecular weight is 1020 g/mol. The van der Waals surface area contributed by atoms with Crippen molar-refractivity contribution in [2.75, 3.05) is 9.80 Å². The van der Waals surface area contributed by atoms with Crippen LogP contribution >= 0.6 is 0 Å². The van der Waals surface area contributed by atoms with Gasteiger partial charge in [0.2, 0.25) is 0 Å². The lowest BCUT2D eigenvalue weighted by atomic mass is 9.86. The molecule has 0 aliphatic rings. The second-order valence-electron chi connectivity index (χ2n) is 25.9. The van der Waals surface area contributed by atoms with Crippen LogP contribution in [0.15, 0.2) is 170 Å². The molecule has 0 spiro atoms. The zero-order valence-electron chi connectivity index (χ0n) is 48.3. The van der Waals surface area contributed by atoms with Gasteiger partial charge >= 0.3 is 0 Å². The molecule has 0 amide bonds. The molecule has 0 aliphatic heterocycles. The Hall–Kier alpha value is -7.82. The molecular weight excluding hydrogens is 945 g/mol. The summed E-state index contributed by atoms with van der Waals surface area (Å²) in [7, 11) is 0. The summed E-state index contributed by atoms with van der Waals surface area (Å²) in [5.41, 5.74) is 22.4. The van der Waals surface area contributed by atoms with Crippen molar-refractivity contribution in [3.63, 3.8) is 0 Å². The van der Waals surface area contributed by atoms with Crippen LogP contribution in [0, 0.1) is 0 Å². The number of nitrogens with zero attached hydrogens (tertiary/aromatic N) is 4. The summed E-state index contributed by atoms with van der Waals surface area (Å²) in [5.74, 6) is 1.77. The Labute approximate surface area is 461 Å². The van der Waals surface area contributed by atoms with Gasteiger partial charge in [0, 0.05) is 65.8 Å². The summed E-state index contributed by atoms with van der Waals surface area (Å²) in [6, 6.07) is 66.3. The Morgan fingerprint density at radius 1 is 0.295 bits per heavy atom. The maximum atomic E-state index is 2.60. The van der Waals surface area contributed by atoms with Crippen molar-refractivity contribution in [1.82, 2.24) is 8.80 Å². The Bertz CT molecular complexity index is 4020. The van der Waals surface area contributed by atoms with Crippen LogP contribution in [-0.2, 0) is 10.8 Å². The van der Waals surface area contributed by atoms with E-state index in [0.717, 1.165) is 22.7 Å². The van der Waals surface area contributed by atoms with Crippen LogP contribution in [0.25, 0.3) is 76.2 Å². The summed E-state index contributed by atoms with van der Waals surface area (Å²) in [4.78, 5) is 5.01. The van der Waals surface area contributed by atoms with Crippen LogP contribution in [0.3, 0.4) is 0 Å². The number of fused-ring (bicyclic) bond motifs is 12. The lowest BCUT2D eigenvalue weighted by Crippen LogP contribution is -2.11. The van der Waals surface area contributed by atoms with E-state index in [1.165, 1.54) is 121 Å². The minimum atomic E-state index is -0.0334. The van der Waals surface area contributed by atoms with Gasteiger partial charge in [0.1, 0.15) is 0 Å². The Balaban J connectivity index is 1.12. The summed E-state index contributed by atoms with van der Waals surface area (Å²) < 4.78 is 5.20. The second kappa shape index (κ2) is 17.9. The lowest BCUT2D eigenvalue weighted by Gasteiger charge is -2.27. The molecule has 0 aliphatic carbocycles. The molecule has 0 atom stereocenters. The zero-order chi connectivity index (χ0) is 54.4. The van der Waals surface area contributed by atoms with Gasteiger partial charge in [-0.25, -0.2) is 0 Å². The molecule has 78 heavy (non-hydrogen) atoms. The topological polar surface area (TPSA) is 15.3 Å². The molecule has 13 aromatic rings. The van der Waals surface area contributed by atoms with E-state index in [-0.39, 0.29) is 10.8 Å². The summed E-state index contributed by atoms with van der Waals surface area (Å²) >= 11 is 0. The highest BCUT2D eigenvalue weighted by Crippen LogP contribution is 2.52. The van der Waals surface area contributed by atoms with Crippen LogP contribution in [0.2, 0.25) is 0 Å². The van der Waals surface area contributed by atoms with Crippen molar-refractivity contribution < 1.29 is 0 Å². The first-order valence-electron chi connectivity index (χ1n) is 28.7. The third-order valence-corrected chi connectivity index (χ3v) is 17.4. The van der Waals surface area contributed by atoms with Crippen LogP contribution in [-0.4, -0.2) is 8.80 Å². The van der Waals surface area contributed by atoms with Gasteiger partial charge in [-0.3, -0.25) is 0 Å². The average Bonchev–Trinajstić information content (AvgIpc) is 4.30. The second-order valence-corrected chi connectivity index (χ2v) is 25.9. The van der Waals surface area contributed by atoms with E-state index < -0.39 is 0 Å². The van der Waals surface area contributed by atoms with Crippen molar-refractivity contribution in [1.29, 1.82) is 0 Å². The van der Waals surface area contributed by atoms with Crippen LogP contribution in [0.5, 0.6) is 0 Å². The van der Waals surface area contributed by atoms with Crippen molar-refractivity contribution in [3.05, 3.63) is 203 Å². The van der Waals surface area contributed by atoms with Gasteiger partial charge < -0.3 is 18.6 Å². The first-order valence-corrected chi connectivity index (χ1v) is 28.7. The Morgan fingerprint density at radius 3 is 0.859 bits per heavy atom. The molecule has 4 heteroatoms. The molecule has 4 aromatic heterocycles. The third kappa shape index (κ3) is 7.68. The van der Waals surface area contributed by atoms with Crippen molar-refractivity contribution in [3.8, 4) is 0 Å². The van der Waals surface area contributed by atoms with Gasteiger partial charge in [0.05, 0.1) is 44.5 Å². The van der Waals surface area contributed by atoms with Gasteiger partial charge in [-0.2, -0.15) is 0 Å². The van der Waals surface area contributed by atoms with Gasteiger partial charge in [-0.05, 0) is 165 Å². The number of anilines is 6. The molecule has 13 rings (SSSR count). The number of hydrogen-bond donors (Lipinski definition) is 0. The maximum absolute atomic E-state index is 2.60. The fourth-order valence-corrected chi connectivity index (χ4v) is 12.8. The highest BCUT2D eigenvalue weighted by Gasteiger charge is 2.30. The van der Waals surface area contributed by atoms with Crippen LogP contribution < -0.4 is 9.80 Å². The van der Waals surface area contributed by atoms with Crippen LogP contribution in [0.1, 0.15) is 154 Å². The predicted octanol–water partition coefficient (Wildman–Crippen LogP) is 22.0. The molecule has 9 aromatic carbocycles. The lowest BCUT2D eigenvalue weighted by molar-refractivity contribution is 0.591. The molecule has 4 nitrogen and oxygen atoms in total. The smallest absolute Gasteiger partial charge is 0.0641 e. The van der Waals surface area contributed by atoms with E-state index in [0.29, 0.717) is 23.7 Å². The number of hydrogen-bond acceptors (Lipinski definition) is 2. The van der Waals surface area contributed by atoms with E-state index in [1.54, 1.807) is 0 Å². The van der Waals surface area contributed by atoms with Gasteiger partial charge in [-0.15, -0.1) is 0 Å². The van der Waals surface area contributed by atoms with E-state index in [1.807, 2.05) is 0 Å². The van der Waals surface area contributed by atoms with Crippen LogP contribution in [0.4, 0.5) is 34.1 Å². The summed E-state index contributed by atoms with van der Waals surface area (Å²) in [6.45, 7) is 32.2. The fourth-order valence-electron chi connectivity index (χ4n) is 12.8. The molecule has 0 saturated carbocycles. The van der Waals surface area contributed by atoms with Gasteiger partial charge in [-0.1, -0.05) is 170 Å². The molecule has 0 radical (unpaired) electrons. The molecule has 0 N–H and O–H groups in total. The van der Waals surface area contributed by atoms with Crippen molar-refractivity contribution in [2.45, 2.75) is 131 Å². The predicted molar refractivity (Wildman–Crippen MR) is 339 cm³/mol. The number of rotatable bonds is 10. The molecular formula is C74H74N4. The standard InChI is InChI=1S/C74H74N4/c1-43(2)47-15-25-53(26-16-47)75(54-27-17-48(18-28-54)44(3)4)65-37-33-57-59-41-68-60(42-67(59)77-63-35-23-51(73(9,10)11)39-61(63)69(65)71(57)77)58-34-38-66(70-62-40-52(74(12,13)14)24-36-64(62)78(68)72(58)70)76(55-29-19-49(20-30-55)45(5)6)56-31-21-50(22-32-56)46(7)8/h15-46H,1-14H3. The zero-order valence-corrected chi connectivity index (χ0v) is 48.3. The van der Waals surface area contributed by atoms with E-state index in [9.17, 15) is 0 Å². The fraction of sp³-hybridized carbons (Fsp3) is 0.270. The highest BCUT2D eigenvalue weighted by atomic mass is 15.2. The van der Waals surface area contributed by atoms with Crippen molar-refractivity contribution >= 4 is 110 Å². The number of benzene rings is 9. The van der Waals surface area contributed by atoms with E-state index in [2.05, 4.69) is 285 Å². The van der Waals surface area contributed by atoms with Gasteiger partial charge in [0.15, 0.2) is 0 Å². The first kappa shape index (κ1) is 49.7. The quantitative estimate of drug-likeness (QED) is 0.136. The summed E-state index contributed by atoms with van der Waals surface area (Å²) in [6.07, 6.45) is 0. The largest absolute Gasteiger partial charge is 0.310 e. The molecule has 0 unspecified atom stereocenters. The Kier molecular flexibility index (Phi) is 11.4. The molecule has 0 fully saturated rings. The van der Waals surface area contributed by atoms with E-state index in [4.69, 9.17) is 0 Å². The highest BCUT2D eigenvalue weighted by molar-refractivity contribution is 6.32. The number of aromatic nitrogens is 2. The van der Waals surface area contributed by atoms with E-state index >= 15 is 0 Å². The molecule has 390 valence electrons. The minimum absolute atomic E-state index is 0.0334. The maximum Gasteiger partial charge on any atom is 0.0641 e. The molecule has 0 bridgehead atoms. The molecule has 0 saturated heterocycles. The normalized spacial score (nSPS) is 12.9.